The van der Waals surface area contributed by atoms with Crippen LogP contribution in [0, 0.1) is 0 Å². The fraction of sp³-hybridized carbons (Fsp3) is 0.600. The Bertz CT molecular complexity index is 629. The van der Waals surface area contributed by atoms with Gasteiger partial charge in [0.05, 0.1) is 0 Å². The molecule has 1 aliphatic rings. The van der Waals surface area contributed by atoms with Crippen molar-refractivity contribution in [2.45, 2.75) is 37.6 Å². The number of halogens is 4. The second-order valence-corrected chi connectivity index (χ2v) is 7.21. The molecule has 0 N–H and O–H groups in total. The first kappa shape index (κ1) is 21.1. The average molecular weight is 388 g/mol. The summed E-state index contributed by atoms with van der Waals surface area (Å²) >= 11 is 0. The van der Waals surface area contributed by atoms with Gasteiger partial charge in [-0.25, -0.2) is 0 Å². The maximum absolute atomic E-state index is 12.4. The van der Waals surface area contributed by atoms with E-state index in [1.54, 1.807) is 6.07 Å². The third-order valence-electron chi connectivity index (χ3n) is 3.95. The van der Waals surface area contributed by atoms with Gasteiger partial charge in [-0.3, -0.25) is 0 Å². The summed E-state index contributed by atoms with van der Waals surface area (Å²) < 4.78 is 63.4. The van der Waals surface area contributed by atoms with E-state index in [-0.39, 0.29) is 24.1 Å². The van der Waals surface area contributed by atoms with Crippen molar-refractivity contribution in [2.24, 2.45) is 0 Å². The maximum Gasteiger partial charge on any atom is 0.534 e. The van der Waals surface area contributed by atoms with Gasteiger partial charge >= 0.3 is 15.6 Å². The highest BCUT2D eigenvalue weighted by atomic mass is 35.5. The molecular formula is C15H21ClF3NO3S. The summed E-state index contributed by atoms with van der Waals surface area (Å²) in [5, 5.41) is 0. The molecule has 24 heavy (non-hydrogen) atoms. The van der Waals surface area contributed by atoms with Gasteiger partial charge in [0.25, 0.3) is 0 Å². The molecule has 0 aliphatic carbocycles. The molecule has 2 rings (SSSR count). The van der Waals surface area contributed by atoms with Crippen molar-refractivity contribution in [3.05, 3.63) is 29.8 Å². The van der Waals surface area contributed by atoms with E-state index >= 15 is 0 Å². The highest BCUT2D eigenvalue weighted by Gasteiger charge is 2.48. The average Bonchev–Trinajstić information content (AvgIpc) is 2.47. The van der Waals surface area contributed by atoms with Crippen LogP contribution in [-0.4, -0.2) is 38.5 Å². The van der Waals surface area contributed by atoms with E-state index in [9.17, 15) is 21.6 Å². The molecule has 1 heterocycles. The summed E-state index contributed by atoms with van der Waals surface area (Å²) in [5.41, 5.74) is -4.61. The number of likely N-dealkylation sites (tertiary alicyclic amines) is 1. The van der Waals surface area contributed by atoms with Crippen LogP contribution < -0.4 is 4.18 Å². The summed E-state index contributed by atoms with van der Waals surface area (Å²) in [6.45, 7) is 5.03. The molecule has 0 bridgehead atoms. The quantitative estimate of drug-likeness (QED) is 0.567. The van der Waals surface area contributed by atoms with Gasteiger partial charge in [-0.2, -0.15) is 21.6 Å². The van der Waals surface area contributed by atoms with E-state index in [2.05, 4.69) is 16.0 Å². The lowest BCUT2D eigenvalue weighted by atomic mass is 9.89. The first-order valence-corrected chi connectivity index (χ1v) is 8.97. The van der Waals surface area contributed by atoms with E-state index in [4.69, 9.17) is 0 Å². The van der Waals surface area contributed by atoms with Gasteiger partial charge < -0.3 is 9.08 Å². The van der Waals surface area contributed by atoms with Crippen LogP contribution in [0.4, 0.5) is 13.2 Å². The summed E-state index contributed by atoms with van der Waals surface area (Å²) in [5.74, 6) is -0.0870. The zero-order valence-electron chi connectivity index (χ0n) is 13.3. The van der Waals surface area contributed by atoms with Crippen LogP contribution in [-0.2, 0) is 10.1 Å². The molecule has 0 saturated carbocycles. The molecule has 138 valence electrons. The minimum Gasteiger partial charge on any atom is -0.376 e. The van der Waals surface area contributed by atoms with Crippen LogP contribution in [0.5, 0.6) is 5.75 Å². The molecule has 0 aromatic heterocycles. The predicted molar refractivity (Wildman–Crippen MR) is 88.0 cm³/mol. The van der Waals surface area contributed by atoms with Crippen molar-refractivity contribution in [1.82, 2.24) is 4.90 Å². The normalized spacial score (nSPS) is 17.3. The first-order chi connectivity index (χ1) is 10.7. The van der Waals surface area contributed by atoms with Crippen LogP contribution in [0.1, 0.15) is 37.7 Å². The Morgan fingerprint density at radius 3 is 2.42 bits per heavy atom. The van der Waals surface area contributed by atoms with Crippen molar-refractivity contribution in [3.8, 4) is 5.75 Å². The summed E-state index contributed by atoms with van der Waals surface area (Å²) in [7, 11) is -5.62. The molecule has 1 fully saturated rings. The first-order valence-electron chi connectivity index (χ1n) is 7.56. The molecule has 1 saturated heterocycles. The Hall–Kier alpha value is -0.990. The number of nitrogens with zero attached hydrogens (tertiary/aromatic N) is 1. The number of rotatable bonds is 5. The molecule has 0 atom stereocenters. The summed E-state index contributed by atoms with van der Waals surface area (Å²) in [4.78, 5) is 2.35. The van der Waals surface area contributed by atoms with E-state index in [1.165, 1.54) is 18.2 Å². The number of benzene rings is 1. The zero-order chi connectivity index (χ0) is 17.1. The van der Waals surface area contributed by atoms with E-state index in [0.29, 0.717) is 0 Å². The van der Waals surface area contributed by atoms with Gasteiger partial charge in [0.15, 0.2) is 0 Å². The number of piperidine rings is 1. The van der Waals surface area contributed by atoms with E-state index in [1.807, 2.05) is 0 Å². The second kappa shape index (κ2) is 8.40. The lowest BCUT2D eigenvalue weighted by Crippen LogP contribution is -2.33. The molecule has 0 spiro atoms. The Balaban J connectivity index is 0.00000288. The van der Waals surface area contributed by atoms with Crippen LogP contribution in [0.3, 0.4) is 0 Å². The fourth-order valence-corrected chi connectivity index (χ4v) is 3.25. The van der Waals surface area contributed by atoms with Gasteiger partial charge in [0.1, 0.15) is 5.75 Å². The van der Waals surface area contributed by atoms with Crippen molar-refractivity contribution in [3.63, 3.8) is 0 Å². The van der Waals surface area contributed by atoms with Gasteiger partial charge in [-0.1, -0.05) is 19.1 Å². The Kier molecular flexibility index (Phi) is 7.37. The largest absolute Gasteiger partial charge is 0.534 e. The minimum atomic E-state index is -5.62. The minimum absolute atomic E-state index is 0. The Labute approximate surface area is 146 Å². The lowest BCUT2D eigenvalue weighted by molar-refractivity contribution is -0.0500. The molecule has 0 radical (unpaired) electrons. The second-order valence-electron chi connectivity index (χ2n) is 5.67. The third-order valence-corrected chi connectivity index (χ3v) is 4.93. The smallest absolute Gasteiger partial charge is 0.376 e. The van der Waals surface area contributed by atoms with Crippen molar-refractivity contribution < 1.29 is 25.8 Å². The topological polar surface area (TPSA) is 46.6 Å². The summed E-state index contributed by atoms with van der Waals surface area (Å²) in [6, 6.07) is 5.94. The van der Waals surface area contributed by atoms with Crippen molar-refractivity contribution in [1.29, 1.82) is 0 Å². The fourth-order valence-electron chi connectivity index (χ4n) is 2.80. The SMILES string of the molecule is CCCN1CCC(c2cccc(OS(=O)(=O)C(F)(F)F)c2)CC1.Cl. The number of hydrogen-bond donors (Lipinski definition) is 0. The molecule has 9 heteroatoms. The van der Waals surface area contributed by atoms with Gasteiger partial charge in [-0.15, -0.1) is 12.4 Å². The van der Waals surface area contributed by atoms with Crippen LogP contribution in [0.2, 0.25) is 0 Å². The molecule has 1 aromatic rings. The number of alkyl halides is 3. The Morgan fingerprint density at radius 1 is 1.25 bits per heavy atom. The van der Waals surface area contributed by atoms with Crippen LogP contribution in [0.25, 0.3) is 0 Å². The third kappa shape index (κ3) is 5.26. The van der Waals surface area contributed by atoms with Crippen molar-refractivity contribution in [2.75, 3.05) is 19.6 Å². The molecule has 0 amide bonds. The zero-order valence-corrected chi connectivity index (χ0v) is 14.9. The molecule has 1 aliphatic heterocycles. The van der Waals surface area contributed by atoms with Crippen LogP contribution in [0.15, 0.2) is 24.3 Å². The van der Waals surface area contributed by atoms with Crippen molar-refractivity contribution >= 4 is 22.5 Å². The molecule has 1 aromatic carbocycles. The summed E-state index contributed by atoms with van der Waals surface area (Å²) in [6.07, 6.45) is 2.88. The maximum atomic E-state index is 12.4. The monoisotopic (exact) mass is 387 g/mol. The van der Waals surface area contributed by atoms with Gasteiger partial charge in [0, 0.05) is 0 Å². The highest BCUT2D eigenvalue weighted by molar-refractivity contribution is 7.88. The highest BCUT2D eigenvalue weighted by Crippen LogP contribution is 2.32. The van der Waals surface area contributed by atoms with Crippen LogP contribution >= 0.6 is 12.4 Å². The molecule has 4 nitrogen and oxygen atoms in total. The van der Waals surface area contributed by atoms with E-state index in [0.717, 1.165) is 44.5 Å². The number of hydrogen-bond acceptors (Lipinski definition) is 4. The van der Waals surface area contributed by atoms with Gasteiger partial charge in [0.2, 0.25) is 0 Å². The van der Waals surface area contributed by atoms with E-state index < -0.39 is 15.6 Å². The van der Waals surface area contributed by atoms with Gasteiger partial charge in [-0.05, 0) is 62.5 Å². The lowest BCUT2D eigenvalue weighted by Gasteiger charge is -2.32. The molecular weight excluding hydrogens is 367 g/mol. The molecule has 0 unspecified atom stereocenters. The standard InChI is InChI=1S/C15H20F3NO3S.ClH/c1-2-8-19-9-6-12(7-10-19)13-4-3-5-14(11-13)22-23(20,21)15(16,17)18;/h3-5,11-12H,2,6-10H2,1H3;1H. The predicted octanol–water partition coefficient (Wildman–Crippen LogP) is 3.93. The Morgan fingerprint density at radius 2 is 1.88 bits per heavy atom.